The predicted octanol–water partition coefficient (Wildman–Crippen LogP) is 3.49. The Bertz CT molecular complexity index is 583. The van der Waals surface area contributed by atoms with Crippen molar-refractivity contribution in [2.24, 2.45) is 11.8 Å². The van der Waals surface area contributed by atoms with E-state index < -0.39 is 0 Å². The minimum Gasteiger partial charge on any atom is -0.459 e. The van der Waals surface area contributed by atoms with E-state index in [4.69, 9.17) is 4.74 Å². The van der Waals surface area contributed by atoms with Gasteiger partial charge in [0.25, 0.3) is 0 Å². The average molecular weight is 286 g/mol. The minimum absolute atomic E-state index is 0.0236. The van der Waals surface area contributed by atoms with Crippen LogP contribution in [0.4, 0.5) is 0 Å². The Morgan fingerprint density at radius 3 is 2.81 bits per heavy atom. The van der Waals surface area contributed by atoms with Crippen LogP contribution in [0.1, 0.15) is 58.3 Å². The second-order valence-electron chi connectivity index (χ2n) is 7.22. The molecule has 0 radical (unpaired) electrons. The Hall–Kier alpha value is -1.38. The van der Waals surface area contributed by atoms with Gasteiger partial charge in [0.15, 0.2) is 5.78 Å². The van der Waals surface area contributed by atoms with Gasteiger partial charge in [0.2, 0.25) is 0 Å². The lowest BCUT2D eigenvalue weighted by Crippen LogP contribution is -2.51. The third-order valence-electron chi connectivity index (χ3n) is 6.07. The number of carbonyl (C=O) groups is 2. The molecule has 21 heavy (non-hydrogen) atoms. The van der Waals surface area contributed by atoms with E-state index in [0.29, 0.717) is 30.5 Å². The molecule has 0 spiro atoms. The maximum Gasteiger partial charge on any atom is 0.306 e. The molecule has 4 aliphatic rings. The number of allylic oxidation sites excluding steroid dienone is 4. The van der Waals surface area contributed by atoms with E-state index in [1.807, 2.05) is 6.08 Å². The molecule has 0 aromatic heterocycles. The molecule has 0 unspecified atom stereocenters. The maximum atomic E-state index is 11.7. The van der Waals surface area contributed by atoms with E-state index in [9.17, 15) is 9.59 Å². The molecular weight excluding hydrogens is 264 g/mol. The van der Waals surface area contributed by atoms with Crippen LogP contribution in [0.25, 0.3) is 0 Å². The molecule has 4 rings (SSSR count). The lowest BCUT2D eigenvalue weighted by molar-refractivity contribution is -0.180. The Morgan fingerprint density at radius 2 is 1.95 bits per heavy atom. The molecule has 0 amide bonds. The number of carbonyl (C=O) groups excluding carboxylic acids is 2. The number of ketones is 1. The molecular formula is C18H22O3. The molecule has 1 heterocycles. The molecule has 2 fully saturated rings. The van der Waals surface area contributed by atoms with Gasteiger partial charge in [-0.3, -0.25) is 9.59 Å². The Balaban J connectivity index is 1.72. The summed E-state index contributed by atoms with van der Waals surface area (Å²) in [5.74, 6) is 1.31. The highest BCUT2D eigenvalue weighted by molar-refractivity contribution is 5.93. The quantitative estimate of drug-likeness (QED) is 0.640. The summed E-state index contributed by atoms with van der Waals surface area (Å²) in [6.07, 6.45) is 9.15. The number of esters is 1. The van der Waals surface area contributed by atoms with Crippen molar-refractivity contribution in [2.75, 3.05) is 0 Å². The summed E-state index contributed by atoms with van der Waals surface area (Å²) in [4.78, 5) is 23.3. The fourth-order valence-electron chi connectivity index (χ4n) is 5.05. The van der Waals surface area contributed by atoms with Crippen LogP contribution in [-0.4, -0.2) is 17.4 Å². The van der Waals surface area contributed by atoms with Gasteiger partial charge in [-0.15, -0.1) is 0 Å². The topological polar surface area (TPSA) is 43.4 Å². The van der Waals surface area contributed by atoms with Crippen LogP contribution in [0.2, 0.25) is 0 Å². The van der Waals surface area contributed by atoms with Crippen LogP contribution in [-0.2, 0) is 14.3 Å². The Morgan fingerprint density at radius 1 is 1.10 bits per heavy atom. The first kappa shape index (κ1) is 13.3. The summed E-state index contributed by atoms with van der Waals surface area (Å²) < 4.78 is 5.75. The molecule has 0 aromatic rings. The molecule has 0 bridgehead atoms. The predicted molar refractivity (Wildman–Crippen MR) is 78.5 cm³/mol. The molecule has 1 saturated heterocycles. The second-order valence-corrected chi connectivity index (χ2v) is 7.22. The first-order chi connectivity index (χ1) is 10.1. The van der Waals surface area contributed by atoms with Crippen molar-refractivity contribution in [3.05, 3.63) is 22.8 Å². The SMILES string of the molecule is C[C@@]12CCC3=C4CCC(=O)C=C4CC[C@@H]3[C@@H]1CCC(=O)O2. The summed E-state index contributed by atoms with van der Waals surface area (Å²) in [7, 11) is 0. The zero-order valence-corrected chi connectivity index (χ0v) is 12.6. The first-order valence-corrected chi connectivity index (χ1v) is 8.24. The third-order valence-corrected chi connectivity index (χ3v) is 6.07. The van der Waals surface area contributed by atoms with Gasteiger partial charge in [0.05, 0.1) is 0 Å². The number of hydrogen-bond donors (Lipinski definition) is 0. The molecule has 1 aliphatic heterocycles. The zero-order valence-electron chi connectivity index (χ0n) is 12.6. The number of rotatable bonds is 0. The fraction of sp³-hybridized carbons (Fsp3) is 0.667. The van der Waals surface area contributed by atoms with Crippen LogP contribution in [0.5, 0.6) is 0 Å². The van der Waals surface area contributed by atoms with Gasteiger partial charge in [-0.1, -0.05) is 5.57 Å². The lowest BCUT2D eigenvalue weighted by atomic mass is 9.59. The molecule has 3 heteroatoms. The number of fused-ring (bicyclic) bond motifs is 4. The minimum atomic E-state index is -0.254. The van der Waals surface area contributed by atoms with Crippen LogP contribution in [0, 0.1) is 11.8 Å². The van der Waals surface area contributed by atoms with Gasteiger partial charge >= 0.3 is 5.97 Å². The molecule has 0 N–H and O–H groups in total. The standard InChI is InChI=1S/C18H22O3/c1-18-9-8-14-13-5-3-12(19)10-11(13)2-4-15(14)16(18)6-7-17(20)21-18/h10,15-16H,2-9H2,1H3/t15-,16-,18+/m0/s1. The maximum absolute atomic E-state index is 11.7. The molecule has 1 saturated carbocycles. The molecule has 0 aromatic carbocycles. The summed E-state index contributed by atoms with van der Waals surface area (Å²) in [6.45, 7) is 2.13. The molecule has 3 aliphatic carbocycles. The van der Waals surface area contributed by atoms with Crippen molar-refractivity contribution in [3.8, 4) is 0 Å². The van der Waals surface area contributed by atoms with Crippen molar-refractivity contribution >= 4 is 11.8 Å². The van der Waals surface area contributed by atoms with E-state index in [1.54, 1.807) is 5.57 Å². The highest BCUT2D eigenvalue weighted by atomic mass is 16.6. The summed E-state index contributed by atoms with van der Waals surface area (Å²) in [6, 6.07) is 0. The summed E-state index contributed by atoms with van der Waals surface area (Å²) >= 11 is 0. The van der Waals surface area contributed by atoms with Crippen molar-refractivity contribution in [2.45, 2.75) is 63.9 Å². The van der Waals surface area contributed by atoms with Crippen molar-refractivity contribution in [1.82, 2.24) is 0 Å². The van der Waals surface area contributed by atoms with E-state index in [2.05, 4.69) is 6.92 Å². The molecule has 112 valence electrons. The van der Waals surface area contributed by atoms with E-state index >= 15 is 0 Å². The zero-order chi connectivity index (χ0) is 14.6. The monoisotopic (exact) mass is 286 g/mol. The molecule has 3 nitrogen and oxygen atoms in total. The largest absolute Gasteiger partial charge is 0.459 e. The normalized spacial score (nSPS) is 39.0. The second kappa shape index (κ2) is 4.56. The number of ether oxygens (including phenoxy) is 1. The van der Waals surface area contributed by atoms with Gasteiger partial charge in [0.1, 0.15) is 5.60 Å². The fourth-order valence-corrected chi connectivity index (χ4v) is 5.05. The average Bonchev–Trinajstić information content (AvgIpc) is 2.45. The van der Waals surface area contributed by atoms with Gasteiger partial charge in [-0.05, 0) is 68.6 Å². The van der Waals surface area contributed by atoms with E-state index in [1.165, 1.54) is 11.1 Å². The van der Waals surface area contributed by atoms with Gasteiger partial charge < -0.3 is 4.74 Å². The van der Waals surface area contributed by atoms with Crippen LogP contribution in [0.3, 0.4) is 0 Å². The van der Waals surface area contributed by atoms with Gasteiger partial charge in [-0.2, -0.15) is 0 Å². The van der Waals surface area contributed by atoms with Gasteiger partial charge in [0, 0.05) is 18.8 Å². The Labute approximate surface area is 125 Å². The Kier molecular flexibility index (Phi) is 2.88. The van der Waals surface area contributed by atoms with E-state index in [-0.39, 0.29) is 11.6 Å². The lowest BCUT2D eigenvalue weighted by Gasteiger charge is -2.51. The third kappa shape index (κ3) is 2.01. The van der Waals surface area contributed by atoms with Gasteiger partial charge in [-0.25, -0.2) is 0 Å². The van der Waals surface area contributed by atoms with Crippen LogP contribution >= 0.6 is 0 Å². The molecule has 3 atom stereocenters. The van der Waals surface area contributed by atoms with E-state index in [0.717, 1.165) is 38.5 Å². The highest BCUT2D eigenvalue weighted by Crippen LogP contribution is 2.54. The summed E-state index contributed by atoms with van der Waals surface area (Å²) in [5.41, 5.74) is 4.11. The van der Waals surface area contributed by atoms with Crippen LogP contribution < -0.4 is 0 Å². The smallest absolute Gasteiger partial charge is 0.306 e. The highest BCUT2D eigenvalue weighted by Gasteiger charge is 2.50. The first-order valence-electron chi connectivity index (χ1n) is 8.24. The number of hydrogen-bond acceptors (Lipinski definition) is 3. The van der Waals surface area contributed by atoms with Crippen molar-refractivity contribution in [3.63, 3.8) is 0 Å². The summed E-state index contributed by atoms with van der Waals surface area (Å²) in [5, 5.41) is 0. The van der Waals surface area contributed by atoms with Crippen molar-refractivity contribution < 1.29 is 14.3 Å². The van der Waals surface area contributed by atoms with Crippen molar-refractivity contribution in [1.29, 1.82) is 0 Å². The van der Waals surface area contributed by atoms with Crippen LogP contribution in [0.15, 0.2) is 22.8 Å².